The molecule has 3 atom stereocenters. The number of hydrogen-bond donors (Lipinski definition) is 1. The van der Waals surface area contributed by atoms with Gasteiger partial charge < -0.3 is 10.5 Å². The lowest BCUT2D eigenvalue weighted by atomic mass is 10.0. The van der Waals surface area contributed by atoms with Gasteiger partial charge in [-0.2, -0.15) is 0 Å². The van der Waals surface area contributed by atoms with Crippen molar-refractivity contribution >= 4 is 5.91 Å². The SMILES string of the molecule is CC1CC1n1nnc(CC(N)=O)c1C1CCOC1. The first kappa shape index (κ1) is 11.6. The minimum Gasteiger partial charge on any atom is -0.381 e. The Morgan fingerprint density at radius 2 is 2.39 bits per heavy atom. The third-order valence-electron chi connectivity index (χ3n) is 3.84. The molecule has 18 heavy (non-hydrogen) atoms. The lowest BCUT2D eigenvalue weighted by molar-refractivity contribution is -0.117. The molecule has 1 aliphatic carbocycles. The Morgan fingerprint density at radius 1 is 1.61 bits per heavy atom. The molecule has 1 saturated heterocycles. The fourth-order valence-corrected chi connectivity index (χ4v) is 2.69. The zero-order chi connectivity index (χ0) is 12.7. The highest BCUT2D eigenvalue weighted by atomic mass is 16.5. The van der Waals surface area contributed by atoms with Gasteiger partial charge in [0.1, 0.15) is 0 Å². The average Bonchev–Trinajstić information content (AvgIpc) is 2.77. The molecule has 1 aromatic rings. The standard InChI is InChI=1S/C12H18N4O2/c1-7-4-10(7)16-12(8-2-3-18-6-8)9(14-15-16)5-11(13)17/h7-8,10H,2-6H2,1H3,(H2,13,17). The molecule has 0 spiro atoms. The van der Waals surface area contributed by atoms with Gasteiger partial charge in [-0.25, -0.2) is 4.68 Å². The van der Waals surface area contributed by atoms with Gasteiger partial charge in [0, 0.05) is 12.5 Å². The quantitative estimate of drug-likeness (QED) is 0.838. The van der Waals surface area contributed by atoms with Crippen LogP contribution in [-0.2, 0) is 16.0 Å². The number of carbonyl (C=O) groups excluding carboxylic acids is 1. The Balaban J connectivity index is 1.93. The summed E-state index contributed by atoms with van der Waals surface area (Å²) in [5.41, 5.74) is 7.08. The summed E-state index contributed by atoms with van der Waals surface area (Å²) in [6.45, 7) is 3.67. The summed E-state index contributed by atoms with van der Waals surface area (Å²) in [6.07, 6.45) is 2.28. The Labute approximate surface area is 105 Å². The van der Waals surface area contributed by atoms with Gasteiger partial charge in [0.25, 0.3) is 0 Å². The van der Waals surface area contributed by atoms with E-state index in [4.69, 9.17) is 10.5 Å². The summed E-state index contributed by atoms with van der Waals surface area (Å²) in [4.78, 5) is 11.1. The van der Waals surface area contributed by atoms with Crippen molar-refractivity contribution in [2.24, 2.45) is 11.7 Å². The summed E-state index contributed by atoms with van der Waals surface area (Å²) in [7, 11) is 0. The van der Waals surface area contributed by atoms with E-state index >= 15 is 0 Å². The van der Waals surface area contributed by atoms with Crippen LogP contribution in [0.25, 0.3) is 0 Å². The Bertz CT molecular complexity index is 465. The van der Waals surface area contributed by atoms with Crippen LogP contribution in [0.4, 0.5) is 0 Å². The van der Waals surface area contributed by atoms with E-state index in [1.165, 1.54) is 0 Å². The number of aromatic nitrogens is 3. The molecule has 98 valence electrons. The zero-order valence-corrected chi connectivity index (χ0v) is 10.5. The summed E-state index contributed by atoms with van der Waals surface area (Å²) in [6, 6.07) is 0.440. The first-order valence-electron chi connectivity index (χ1n) is 6.47. The predicted molar refractivity (Wildman–Crippen MR) is 63.9 cm³/mol. The van der Waals surface area contributed by atoms with Gasteiger partial charge in [0.15, 0.2) is 0 Å². The number of nitrogens with two attached hydrogens (primary N) is 1. The Hall–Kier alpha value is -1.43. The third kappa shape index (κ3) is 2.01. The molecule has 1 aromatic heterocycles. The number of primary amides is 1. The van der Waals surface area contributed by atoms with Crippen molar-refractivity contribution in [3.63, 3.8) is 0 Å². The molecule has 3 unspecified atom stereocenters. The van der Waals surface area contributed by atoms with Crippen LogP contribution in [-0.4, -0.2) is 34.1 Å². The maximum atomic E-state index is 11.1. The monoisotopic (exact) mass is 250 g/mol. The van der Waals surface area contributed by atoms with Crippen molar-refractivity contribution in [1.82, 2.24) is 15.0 Å². The molecular weight excluding hydrogens is 232 g/mol. The number of ether oxygens (including phenoxy) is 1. The second-order valence-electron chi connectivity index (χ2n) is 5.35. The van der Waals surface area contributed by atoms with Crippen molar-refractivity contribution in [2.45, 2.75) is 38.1 Å². The van der Waals surface area contributed by atoms with Crippen LogP contribution in [0, 0.1) is 5.92 Å². The molecule has 0 bridgehead atoms. The molecule has 3 rings (SSSR count). The molecule has 2 fully saturated rings. The number of rotatable bonds is 4. The minimum absolute atomic E-state index is 0.174. The van der Waals surface area contributed by atoms with Gasteiger partial charge in [-0.3, -0.25) is 4.79 Å². The van der Waals surface area contributed by atoms with Crippen LogP contribution in [0.3, 0.4) is 0 Å². The highest BCUT2D eigenvalue weighted by molar-refractivity contribution is 5.76. The highest BCUT2D eigenvalue weighted by Crippen LogP contribution is 2.44. The van der Waals surface area contributed by atoms with Crippen LogP contribution < -0.4 is 5.73 Å². The van der Waals surface area contributed by atoms with Crippen molar-refractivity contribution in [1.29, 1.82) is 0 Å². The van der Waals surface area contributed by atoms with Crippen molar-refractivity contribution < 1.29 is 9.53 Å². The van der Waals surface area contributed by atoms with Crippen molar-refractivity contribution in [2.75, 3.05) is 13.2 Å². The first-order chi connectivity index (χ1) is 8.66. The fourth-order valence-electron chi connectivity index (χ4n) is 2.69. The molecule has 0 radical (unpaired) electrons. The van der Waals surface area contributed by atoms with Gasteiger partial charge in [-0.05, 0) is 18.8 Å². The second kappa shape index (κ2) is 4.35. The summed E-state index contributed by atoms with van der Waals surface area (Å²) >= 11 is 0. The highest BCUT2D eigenvalue weighted by Gasteiger charge is 2.39. The molecule has 1 aliphatic heterocycles. The summed E-state index contributed by atoms with van der Waals surface area (Å²) in [5, 5.41) is 8.38. The molecule has 6 heteroatoms. The van der Waals surface area contributed by atoms with Crippen LogP contribution in [0.1, 0.15) is 43.1 Å². The topological polar surface area (TPSA) is 83.0 Å². The van der Waals surface area contributed by atoms with Gasteiger partial charge in [0.05, 0.1) is 30.5 Å². The van der Waals surface area contributed by atoms with Crippen LogP contribution in [0.15, 0.2) is 0 Å². The average molecular weight is 250 g/mol. The molecular formula is C12H18N4O2. The van der Waals surface area contributed by atoms with Gasteiger partial charge in [-0.1, -0.05) is 12.1 Å². The first-order valence-corrected chi connectivity index (χ1v) is 6.47. The van der Waals surface area contributed by atoms with Crippen LogP contribution >= 0.6 is 0 Å². The van der Waals surface area contributed by atoms with E-state index in [-0.39, 0.29) is 12.3 Å². The van der Waals surface area contributed by atoms with Gasteiger partial charge in [-0.15, -0.1) is 5.10 Å². The Morgan fingerprint density at radius 3 is 2.94 bits per heavy atom. The third-order valence-corrected chi connectivity index (χ3v) is 3.84. The van der Waals surface area contributed by atoms with Crippen molar-refractivity contribution in [3.05, 3.63) is 11.4 Å². The predicted octanol–water partition coefficient (Wildman–Crippen LogP) is 0.391. The molecule has 0 aromatic carbocycles. The van der Waals surface area contributed by atoms with E-state index in [9.17, 15) is 4.79 Å². The van der Waals surface area contributed by atoms with Crippen LogP contribution in [0.2, 0.25) is 0 Å². The number of hydrogen-bond acceptors (Lipinski definition) is 4. The lowest BCUT2D eigenvalue weighted by Gasteiger charge is -2.12. The van der Waals surface area contributed by atoms with E-state index < -0.39 is 0 Å². The molecule has 2 aliphatic rings. The van der Waals surface area contributed by atoms with E-state index in [0.29, 0.717) is 24.5 Å². The van der Waals surface area contributed by atoms with Gasteiger partial charge >= 0.3 is 0 Å². The number of nitrogens with zero attached hydrogens (tertiary/aromatic N) is 3. The molecule has 2 heterocycles. The number of carbonyl (C=O) groups is 1. The molecule has 1 saturated carbocycles. The maximum Gasteiger partial charge on any atom is 0.223 e. The van der Waals surface area contributed by atoms with Gasteiger partial charge in [0.2, 0.25) is 5.91 Å². The molecule has 1 amide bonds. The van der Waals surface area contributed by atoms with Crippen LogP contribution in [0.5, 0.6) is 0 Å². The molecule has 2 N–H and O–H groups in total. The molecule has 6 nitrogen and oxygen atoms in total. The lowest BCUT2D eigenvalue weighted by Crippen LogP contribution is -2.17. The van der Waals surface area contributed by atoms with Crippen molar-refractivity contribution in [3.8, 4) is 0 Å². The Kier molecular flexibility index (Phi) is 2.81. The zero-order valence-electron chi connectivity index (χ0n) is 10.5. The summed E-state index contributed by atoms with van der Waals surface area (Å²) in [5.74, 6) is 0.599. The largest absolute Gasteiger partial charge is 0.381 e. The summed E-state index contributed by atoms with van der Waals surface area (Å²) < 4.78 is 7.44. The van der Waals surface area contributed by atoms with E-state index in [1.54, 1.807) is 0 Å². The second-order valence-corrected chi connectivity index (χ2v) is 5.35. The maximum absolute atomic E-state index is 11.1. The minimum atomic E-state index is -0.355. The van der Waals surface area contributed by atoms with E-state index in [2.05, 4.69) is 17.2 Å². The number of amides is 1. The van der Waals surface area contributed by atoms with E-state index in [0.717, 1.165) is 30.8 Å². The van der Waals surface area contributed by atoms with E-state index in [1.807, 2.05) is 4.68 Å². The normalized spacial score (nSPS) is 30.6. The smallest absolute Gasteiger partial charge is 0.223 e. The fraction of sp³-hybridized carbons (Fsp3) is 0.750.